The lowest BCUT2D eigenvalue weighted by Gasteiger charge is -2.27. The summed E-state index contributed by atoms with van der Waals surface area (Å²) in [5.74, 6) is -0.769. The fraction of sp³-hybridized carbons (Fsp3) is 0.619. The fourth-order valence-electron chi connectivity index (χ4n) is 3.58. The van der Waals surface area contributed by atoms with Crippen LogP contribution in [0.1, 0.15) is 76.7 Å². The molecule has 0 spiro atoms. The first kappa shape index (κ1) is 19.0. The van der Waals surface area contributed by atoms with Gasteiger partial charge in [0.1, 0.15) is 0 Å². The molecule has 0 amide bonds. The third-order valence-corrected chi connectivity index (χ3v) is 5.01. The van der Waals surface area contributed by atoms with Gasteiger partial charge in [-0.05, 0) is 62.5 Å². The second-order valence-electron chi connectivity index (χ2n) is 6.83. The first-order valence-electron chi connectivity index (χ1n) is 9.40. The number of benzene rings is 1. The summed E-state index contributed by atoms with van der Waals surface area (Å²) in [4.78, 5) is 0. The van der Waals surface area contributed by atoms with E-state index in [4.69, 9.17) is 4.74 Å². The van der Waals surface area contributed by atoms with E-state index >= 15 is 0 Å². The summed E-state index contributed by atoms with van der Waals surface area (Å²) >= 11 is 0. The molecule has 24 heavy (non-hydrogen) atoms. The molecule has 0 aliphatic heterocycles. The van der Waals surface area contributed by atoms with E-state index in [0.717, 1.165) is 51.4 Å². The number of hydrogen-bond acceptors (Lipinski definition) is 1. The van der Waals surface area contributed by atoms with Gasteiger partial charge < -0.3 is 4.74 Å². The average Bonchev–Trinajstić information content (AvgIpc) is 2.60. The Morgan fingerprint density at radius 1 is 1.04 bits per heavy atom. The Kier molecular flexibility index (Phi) is 7.74. The summed E-state index contributed by atoms with van der Waals surface area (Å²) in [6.45, 7) is 4.62. The van der Waals surface area contributed by atoms with Crippen LogP contribution in [-0.2, 0) is 0 Å². The number of halogens is 2. The zero-order valence-corrected chi connectivity index (χ0v) is 15.0. The van der Waals surface area contributed by atoms with Crippen molar-refractivity contribution in [3.05, 3.63) is 41.5 Å². The highest BCUT2D eigenvalue weighted by Crippen LogP contribution is 2.39. The van der Waals surface area contributed by atoms with E-state index in [9.17, 15) is 8.78 Å². The van der Waals surface area contributed by atoms with Crippen molar-refractivity contribution in [1.29, 1.82) is 0 Å². The molecular weight excluding hydrogens is 306 g/mol. The summed E-state index contributed by atoms with van der Waals surface area (Å²) in [5, 5.41) is 0. The summed E-state index contributed by atoms with van der Waals surface area (Å²) in [6.07, 6.45) is 12.5. The van der Waals surface area contributed by atoms with Crippen LogP contribution in [0, 0.1) is 17.6 Å². The molecule has 0 atom stereocenters. The smallest absolute Gasteiger partial charge is 0.200 e. The third kappa shape index (κ3) is 5.06. The number of hydrogen-bond donors (Lipinski definition) is 0. The van der Waals surface area contributed by atoms with Crippen molar-refractivity contribution < 1.29 is 13.5 Å². The van der Waals surface area contributed by atoms with Crippen LogP contribution in [0.15, 0.2) is 24.3 Å². The summed E-state index contributed by atoms with van der Waals surface area (Å²) in [7, 11) is 0. The second-order valence-corrected chi connectivity index (χ2v) is 6.83. The molecule has 1 fully saturated rings. The number of ether oxygens (including phenoxy) is 1. The van der Waals surface area contributed by atoms with Gasteiger partial charge in [0.2, 0.25) is 5.82 Å². The molecule has 1 aromatic rings. The maximum Gasteiger partial charge on any atom is 0.200 e. The van der Waals surface area contributed by atoms with Crippen molar-refractivity contribution in [1.82, 2.24) is 0 Å². The zero-order valence-electron chi connectivity index (χ0n) is 15.0. The lowest BCUT2D eigenvalue weighted by Crippen LogP contribution is -2.14. The minimum absolute atomic E-state index is 0.0513. The Bertz CT molecular complexity index is 531. The van der Waals surface area contributed by atoms with E-state index in [-0.39, 0.29) is 11.7 Å². The molecule has 0 radical (unpaired) electrons. The van der Waals surface area contributed by atoms with Gasteiger partial charge in [0.15, 0.2) is 11.6 Å². The first-order chi connectivity index (χ1) is 11.7. The Balaban J connectivity index is 1.94. The Hall–Kier alpha value is -1.38. The van der Waals surface area contributed by atoms with E-state index in [1.807, 2.05) is 6.92 Å². The Morgan fingerprint density at radius 2 is 1.79 bits per heavy atom. The lowest BCUT2D eigenvalue weighted by molar-refractivity contribution is 0.283. The Morgan fingerprint density at radius 3 is 2.46 bits per heavy atom. The van der Waals surface area contributed by atoms with Crippen LogP contribution in [-0.4, -0.2) is 6.61 Å². The van der Waals surface area contributed by atoms with Gasteiger partial charge in [0.05, 0.1) is 6.61 Å². The van der Waals surface area contributed by atoms with Gasteiger partial charge in [-0.1, -0.05) is 44.4 Å². The van der Waals surface area contributed by atoms with Crippen LogP contribution in [0.2, 0.25) is 0 Å². The van der Waals surface area contributed by atoms with Crippen molar-refractivity contribution in [3.63, 3.8) is 0 Å². The predicted octanol–water partition coefficient (Wildman–Crippen LogP) is 6.77. The van der Waals surface area contributed by atoms with Crippen molar-refractivity contribution in [2.45, 2.75) is 71.1 Å². The van der Waals surface area contributed by atoms with E-state index in [1.54, 1.807) is 12.1 Å². The molecule has 0 heterocycles. The number of unbranched alkanes of at least 4 members (excludes halogenated alkanes) is 3. The van der Waals surface area contributed by atoms with E-state index < -0.39 is 11.6 Å². The van der Waals surface area contributed by atoms with Gasteiger partial charge in [-0.25, -0.2) is 4.39 Å². The van der Waals surface area contributed by atoms with Gasteiger partial charge in [0, 0.05) is 0 Å². The molecule has 0 saturated heterocycles. The SMILES string of the molecule is C/C=C/C1CCC(c2ccc(OCCCCCC)c(F)c2F)CC1. The van der Waals surface area contributed by atoms with Crippen molar-refractivity contribution in [2.24, 2.45) is 5.92 Å². The zero-order chi connectivity index (χ0) is 17.4. The maximum absolute atomic E-state index is 14.5. The molecule has 134 valence electrons. The molecule has 1 saturated carbocycles. The van der Waals surface area contributed by atoms with E-state index in [2.05, 4.69) is 19.1 Å². The standard InChI is InChI=1S/C21H30F2O/c1-3-5-6-7-15-24-19-14-13-18(20(22)21(19)23)17-11-9-16(8-4-2)10-12-17/h4,8,13-14,16-17H,3,5-7,9-12,15H2,1-2H3/b8-4+. The van der Waals surface area contributed by atoms with E-state index in [1.165, 1.54) is 0 Å². The molecule has 0 N–H and O–H groups in total. The molecule has 0 aromatic heterocycles. The third-order valence-electron chi connectivity index (χ3n) is 5.01. The highest BCUT2D eigenvalue weighted by Gasteiger charge is 2.25. The molecule has 1 aromatic carbocycles. The van der Waals surface area contributed by atoms with Crippen LogP contribution in [0.3, 0.4) is 0 Å². The molecular formula is C21H30F2O. The summed E-state index contributed by atoms with van der Waals surface area (Å²) < 4.78 is 34.2. The van der Waals surface area contributed by atoms with Gasteiger partial charge in [-0.15, -0.1) is 0 Å². The summed E-state index contributed by atoms with van der Waals surface area (Å²) in [6, 6.07) is 3.33. The van der Waals surface area contributed by atoms with Crippen LogP contribution in [0.25, 0.3) is 0 Å². The summed E-state index contributed by atoms with van der Waals surface area (Å²) in [5.41, 5.74) is 0.518. The van der Waals surface area contributed by atoms with Gasteiger partial charge in [-0.2, -0.15) is 4.39 Å². The predicted molar refractivity (Wildman–Crippen MR) is 95.5 cm³/mol. The largest absolute Gasteiger partial charge is 0.490 e. The van der Waals surface area contributed by atoms with Crippen LogP contribution in [0.5, 0.6) is 5.75 Å². The molecule has 0 unspecified atom stereocenters. The average molecular weight is 336 g/mol. The van der Waals surface area contributed by atoms with Crippen LogP contribution >= 0.6 is 0 Å². The molecule has 2 rings (SSSR count). The van der Waals surface area contributed by atoms with Crippen LogP contribution < -0.4 is 4.74 Å². The number of rotatable bonds is 8. The van der Waals surface area contributed by atoms with Gasteiger partial charge in [0.25, 0.3) is 0 Å². The van der Waals surface area contributed by atoms with Crippen molar-refractivity contribution in [2.75, 3.05) is 6.61 Å². The molecule has 1 aliphatic carbocycles. The lowest BCUT2D eigenvalue weighted by atomic mass is 9.78. The molecule has 1 aliphatic rings. The van der Waals surface area contributed by atoms with Crippen molar-refractivity contribution in [3.8, 4) is 5.75 Å². The fourth-order valence-corrected chi connectivity index (χ4v) is 3.58. The molecule has 3 heteroatoms. The highest BCUT2D eigenvalue weighted by molar-refractivity contribution is 5.33. The highest BCUT2D eigenvalue weighted by atomic mass is 19.2. The van der Waals surface area contributed by atoms with Crippen LogP contribution in [0.4, 0.5) is 8.78 Å². The minimum atomic E-state index is -0.821. The quantitative estimate of drug-likeness (QED) is 0.376. The monoisotopic (exact) mass is 336 g/mol. The normalized spacial score (nSPS) is 21.3. The molecule has 0 bridgehead atoms. The van der Waals surface area contributed by atoms with E-state index in [0.29, 0.717) is 18.1 Å². The first-order valence-corrected chi connectivity index (χ1v) is 9.40. The van der Waals surface area contributed by atoms with Crippen molar-refractivity contribution >= 4 is 0 Å². The Labute approximate surface area is 145 Å². The second kappa shape index (κ2) is 9.80. The topological polar surface area (TPSA) is 9.23 Å². The molecule has 1 nitrogen and oxygen atoms in total. The minimum Gasteiger partial charge on any atom is -0.490 e. The maximum atomic E-state index is 14.5. The number of allylic oxidation sites excluding steroid dienone is 2. The van der Waals surface area contributed by atoms with Gasteiger partial charge >= 0.3 is 0 Å². The van der Waals surface area contributed by atoms with Gasteiger partial charge in [-0.3, -0.25) is 0 Å².